The topological polar surface area (TPSA) is 97.9 Å². The van der Waals surface area contributed by atoms with Gasteiger partial charge in [0.1, 0.15) is 23.2 Å². The van der Waals surface area contributed by atoms with E-state index in [4.69, 9.17) is 9.47 Å². The van der Waals surface area contributed by atoms with E-state index in [1.165, 1.54) is 52.3 Å². The lowest BCUT2D eigenvalue weighted by molar-refractivity contribution is -0.161. The first kappa shape index (κ1) is 33.7. The average molecular weight is 586 g/mol. The molecular weight excluding hydrogens is 546 g/mol. The van der Waals surface area contributed by atoms with Gasteiger partial charge in [-0.3, -0.25) is 10.1 Å². The second-order valence-corrected chi connectivity index (χ2v) is 10.2. The van der Waals surface area contributed by atoms with E-state index in [1.807, 2.05) is 0 Å². The summed E-state index contributed by atoms with van der Waals surface area (Å²) >= 11 is 0. The summed E-state index contributed by atoms with van der Waals surface area (Å²) in [4.78, 5) is 24.9. The summed E-state index contributed by atoms with van der Waals surface area (Å²) in [5.41, 5.74) is -1.44. The normalized spacial score (nSPS) is 14.8. The highest BCUT2D eigenvalue weighted by atomic mass is 19.4. The minimum Gasteiger partial charge on any atom is -0.494 e. The van der Waals surface area contributed by atoms with Gasteiger partial charge >= 0.3 is 12.1 Å². The molecule has 1 amide bonds. The Kier molecular flexibility index (Phi) is 12.2. The van der Waals surface area contributed by atoms with Crippen molar-refractivity contribution < 1.29 is 41.4 Å². The molecule has 0 radical (unpaired) electrons. The van der Waals surface area contributed by atoms with Crippen LogP contribution < -0.4 is 25.4 Å². The molecule has 0 aliphatic heterocycles. The van der Waals surface area contributed by atoms with E-state index in [0.717, 1.165) is 0 Å². The van der Waals surface area contributed by atoms with Crippen LogP contribution in [0, 0.1) is 0 Å². The lowest BCUT2D eigenvalue weighted by Crippen LogP contribution is -2.53. The number of hydrogen-bond acceptors (Lipinski definition) is 7. The zero-order valence-electron chi connectivity index (χ0n) is 24.1. The fraction of sp³-hybridized carbons (Fsp3) is 0.517. The highest BCUT2D eigenvalue weighted by molar-refractivity contribution is 5.82. The zero-order valence-corrected chi connectivity index (χ0v) is 24.1. The van der Waals surface area contributed by atoms with Crippen molar-refractivity contribution in [2.45, 2.75) is 76.6 Å². The number of hydrogen-bond donors (Lipinski definition) is 3. The summed E-state index contributed by atoms with van der Waals surface area (Å²) in [5.74, 6) is -0.523. The second kappa shape index (κ2) is 14.9. The largest absolute Gasteiger partial charge is 0.494 e. The van der Waals surface area contributed by atoms with Crippen LogP contribution >= 0.6 is 0 Å². The third-order valence-corrected chi connectivity index (χ3v) is 6.23. The first-order valence-corrected chi connectivity index (χ1v) is 13.2. The van der Waals surface area contributed by atoms with Crippen LogP contribution in [0.5, 0.6) is 11.5 Å². The average Bonchev–Trinajstić information content (AvgIpc) is 2.91. The van der Waals surface area contributed by atoms with Gasteiger partial charge in [0.2, 0.25) is 5.91 Å². The molecule has 0 spiro atoms. The van der Waals surface area contributed by atoms with Gasteiger partial charge in [-0.1, -0.05) is 37.3 Å². The first-order chi connectivity index (χ1) is 19.2. The number of esters is 1. The maximum Gasteiger partial charge on any atom is 0.407 e. The molecule has 0 aliphatic carbocycles. The molecule has 0 bridgehead atoms. The van der Waals surface area contributed by atoms with Gasteiger partial charge in [0.05, 0.1) is 25.9 Å². The van der Waals surface area contributed by atoms with Gasteiger partial charge in [-0.2, -0.15) is 13.2 Å². The highest BCUT2D eigenvalue weighted by Gasteiger charge is 2.43. The molecule has 0 saturated heterocycles. The lowest BCUT2D eigenvalue weighted by atomic mass is 9.97. The number of carbonyl (C=O) groups excluding carboxylic acids is 2. The Morgan fingerprint density at radius 2 is 1.66 bits per heavy atom. The molecule has 228 valence electrons. The fourth-order valence-electron chi connectivity index (χ4n) is 4.08. The molecule has 1 unspecified atom stereocenters. The van der Waals surface area contributed by atoms with Gasteiger partial charge in [-0.15, -0.1) is 0 Å². The van der Waals surface area contributed by atoms with Crippen molar-refractivity contribution in [1.82, 2.24) is 10.6 Å². The quantitative estimate of drug-likeness (QED) is 0.192. The Balaban J connectivity index is 2.16. The number of carbonyl (C=O) groups is 2. The Morgan fingerprint density at radius 3 is 2.20 bits per heavy atom. The molecule has 0 fully saturated rings. The summed E-state index contributed by atoms with van der Waals surface area (Å²) in [5, 5.41) is 8.26. The second-order valence-electron chi connectivity index (χ2n) is 10.2. The van der Waals surface area contributed by atoms with E-state index >= 15 is 0 Å². The van der Waals surface area contributed by atoms with Crippen LogP contribution in [0.4, 0.5) is 23.2 Å². The summed E-state index contributed by atoms with van der Waals surface area (Å²) in [6.07, 6.45) is -5.58. The number of amides is 1. The molecule has 2 aromatic carbocycles. The van der Waals surface area contributed by atoms with E-state index in [2.05, 4.69) is 20.7 Å². The molecule has 2 aromatic rings. The third kappa shape index (κ3) is 10.8. The van der Waals surface area contributed by atoms with Gasteiger partial charge in [0, 0.05) is 25.1 Å². The van der Waals surface area contributed by atoms with Crippen LogP contribution in [0.15, 0.2) is 48.5 Å². The van der Waals surface area contributed by atoms with Crippen LogP contribution in [0.1, 0.15) is 52.1 Å². The summed E-state index contributed by atoms with van der Waals surface area (Å²) in [7, 11) is 2.71. The number of halogens is 4. The molecule has 0 saturated carbocycles. The van der Waals surface area contributed by atoms with Gasteiger partial charge in [0.15, 0.2) is 6.10 Å². The molecule has 2 rings (SSSR count). The number of methoxy groups -OCH3 is 2. The van der Waals surface area contributed by atoms with Crippen molar-refractivity contribution in [3.05, 3.63) is 54.1 Å². The van der Waals surface area contributed by atoms with Gasteiger partial charge < -0.3 is 24.8 Å². The Labute approximate surface area is 238 Å². The predicted molar refractivity (Wildman–Crippen MR) is 148 cm³/mol. The van der Waals surface area contributed by atoms with E-state index in [-0.39, 0.29) is 12.1 Å². The molecule has 41 heavy (non-hydrogen) atoms. The van der Waals surface area contributed by atoms with Crippen LogP contribution in [0.25, 0.3) is 0 Å². The highest BCUT2D eigenvalue weighted by Crippen LogP contribution is 2.34. The maximum absolute atomic E-state index is 14.6. The first-order valence-electron chi connectivity index (χ1n) is 13.2. The number of alkyl halides is 4. The van der Waals surface area contributed by atoms with Crippen LogP contribution in [0.2, 0.25) is 0 Å². The van der Waals surface area contributed by atoms with Crippen LogP contribution in [-0.2, 0) is 14.3 Å². The monoisotopic (exact) mass is 585 g/mol. The minimum absolute atomic E-state index is 0.0799. The Morgan fingerprint density at radius 1 is 1.00 bits per heavy atom. The SMILES string of the molecule is CC[C@H](CNc1ccc(OC(C)C(=O)OC)cc1OC)NC(=O)[C@H](CC(C)(C)F)N[C@@H](c1ccccc1)C(F)(F)F. The van der Waals surface area contributed by atoms with Crippen molar-refractivity contribution in [3.8, 4) is 11.5 Å². The molecule has 0 aromatic heterocycles. The standard InChI is InChI=1S/C29H39F4N3O5/c1-7-20(17-34-22-14-13-21(15-24(22)39-5)41-18(2)27(38)40-6)35-26(37)23(16-28(3,4)30)36-25(29(31,32)33)19-11-9-8-10-12-19/h8-15,18,20,23,25,34,36H,7,16-17H2,1-6H3,(H,35,37)/t18?,20-,23+,25+/m1/s1. The molecule has 12 heteroatoms. The zero-order chi connectivity index (χ0) is 30.8. The van der Waals surface area contributed by atoms with Gasteiger partial charge in [0.25, 0.3) is 0 Å². The summed E-state index contributed by atoms with van der Waals surface area (Å²) < 4.78 is 72.2. The lowest BCUT2D eigenvalue weighted by Gasteiger charge is -2.31. The Bertz CT molecular complexity index is 1130. The smallest absolute Gasteiger partial charge is 0.407 e. The van der Waals surface area contributed by atoms with Crippen molar-refractivity contribution in [3.63, 3.8) is 0 Å². The molecule has 0 aliphatic rings. The predicted octanol–water partition coefficient (Wildman–Crippen LogP) is 5.34. The number of rotatable bonds is 15. The minimum atomic E-state index is -4.72. The van der Waals surface area contributed by atoms with Crippen LogP contribution in [-0.4, -0.2) is 62.7 Å². The van der Waals surface area contributed by atoms with Crippen molar-refractivity contribution in [1.29, 1.82) is 0 Å². The van der Waals surface area contributed by atoms with E-state index in [9.17, 15) is 27.2 Å². The summed E-state index contributed by atoms with van der Waals surface area (Å²) in [6.45, 7) is 5.97. The number of anilines is 1. The van der Waals surface area contributed by atoms with Crippen LogP contribution in [0.3, 0.4) is 0 Å². The van der Waals surface area contributed by atoms with Gasteiger partial charge in [-0.25, -0.2) is 9.18 Å². The molecule has 8 nitrogen and oxygen atoms in total. The maximum atomic E-state index is 14.6. The van der Waals surface area contributed by atoms with E-state index in [1.54, 1.807) is 38.1 Å². The van der Waals surface area contributed by atoms with E-state index < -0.39 is 54.4 Å². The summed E-state index contributed by atoms with van der Waals surface area (Å²) in [6, 6.07) is 7.86. The third-order valence-electron chi connectivity index (χ3n) is 6.23. The molecule has 3 N–H and O–H groups in total. The number of ether oxygens (including phenoxy) is 3. The number of nitrogens with one attached hydrogen (secondary N) is 3. The van der Waals surface area contributed by atoms with Crippen molar-refractivity contribution in [2.24, 2.45) is 0 Å². The molecule has 0 heterocycles. The van der Waals surface area contributed by atoms with Crippen molar-refractivity contribution >= 4 is 17.6 Å². The number of benzene rings is 2. The molecule has 4 atom stereocenters. The van der Waals surface area contributed by atoms with Gasteiger partial charge in [-0.05, 0) is 44.9 Å². The molecular formula is C29H39F4N3O5. The fourth-order valence-corrected chi connectivity index (χ4v) is 4.08. The van der Waals surface area contributed by atoms with E-state index in [0.29, 0.717) is 23.6 Å². The Hall–Kier alpha value is -3.54. The van der Waals surface area contributed by atoms with Crippen molar-refractivity contribution in [2.75, 3.05) is 26.1 Å².